The lowest BCUT2D eigenvalue weighted by molar-refractivity contribution is -0.910. The van der Waals surface area contributed by atoms with Gasteiger partial charge in [-0.15, -0.1) is 0 Å². The zero-order valence-corrected chi connectivity index (χ0v) is 20.6. The van der Waals surface area contributed by atoms with Gasteiger partial charge in [0.15, 0.2) is 0 Å². The maximum absolute atomic E-state index is 13.3. The van der Waals surface area contributed by atoms with Gasteiger partial charge in [-0.2, -0.15) is 10.2 Å². The van der Waals surface area contributed by atoms with Crippen molar-refractivity contribution in [1.29, 1.82) is 0 Å². The van der Waals surface area contributed by atoms with Gasteiger partial charge >= 0.3 is 11.6 Å². The zero-order chi connectivity index (χ0) is 25.1. The SMILES string of the molecule is O=C(Nc1cc2cn([C@H]3CC[C@@](O)(C4CC4)CC3)nc2cc1-n1cccn1)c1cccc(C2CC2)[n+]1O. The molecule has 190 valence electrons. The fourth-order valence-electron chi connectivity index (χ4n) is 5.93. The first kappa shape index (κ1) is 22.5. The van der Waals surface area contributed by atoms with Crippen molar-refractivity contribution in [3.05, 3.63) is 66.4 Å². The van der Waals surface area contributed by atoms with Gasteiger partial charge in [0, 0.05) is 46.8 Å². The minimum atomic E-state index is -0.492. The van der Waals surface area contributed by atoms with Crippen LogP contribution in [0.15, 0.2) is 55.0 Å². The number of carbonyl (C=O) groups is 1. The highest BCUT2D eigenvalue weighted by Crippen LogP contribution is 2.49. The van der Waals surface area contributed by atoms with Gasteiger partial charge in [-0.05, 0) is 81.5 Å². The summed E-state index contributed by atoms with van der Waals surface area (Å²) >= 11 is 0. The lowest BCUT2D eigenvalue weighted by atomic mass is 9.79. The number of hydrogen-bond donors (Lipinski definition) is 3. The van der Waals surface area contributed by atoms with Gasteiger partial charge in [0.25, 0.3) is 0 Å². The van der Waals surface area contributed by atoms with E-state index in [2.05, 4.69) is 10.4 Å². The summed E-state index contributed by atoms with van der Waals surface area (Å²) in [5.74, 6) is 0.395. The molecule has 9 nitrogen and oxygen atoms in total. The van der Waals surface area contributed by atoms with Crippen LogP contribution in [-0.2, 0) is 0 Å². The second-order valence-electron chi connectivity index (χ2n) is 11.0. The summed E-state index contributed by atoms with van der Waals surface area (Å²) < 4.78 is 4.75. The van der Waals surface area contributed by atoms with Gasteiger partial charge in [-0.3, -0.25) is 14.7 Å². The van der Waals surface area contributed by atoms with Crippen LogP contribution in [0, 0.1) is 5.92 Å². The van der Waals surface area contributed by atoms with Crippen LogP contribution in [0.4, 0.5) is 5.69 Å². The summed E-state index contributed by atoms with van der Waals surface area (Å²) in [6.07, 6.45) is 13.4. The first-order chi connectivity index (χ1) is 18.0. The smallest absolute Gasteiger partial charge is 0.325 e. The Bertz CT molecular complexity index is 1480. The maximum Gasteiger partial charge on any atom is 0.325 e. The number of nitrogens with zero attached hydrogens (tertiary/aromatic N) is 5. The van der Waals surface area contributed by atoms with E-state index in [4.69, 9.17) is 5.10 Å². The van der Waals surface area contributed by atoms with Crippen molar-refractivity contribution < 1.29 is 19.8 Å². The monoisotopic (exact) mass is 499 g/mol. The van der Waals surface area contributed by atoms with E-state index in [0.717, 1.165) is 72.7 Å². The first-order valence-electron chi connectivity index (χ1n) is 13.3. The molecule has 3 aromatic heterocycles. The lowest BCUT2D eigenvalue weighted by Crippen LogP contribution is -2.43. The average Bonchev–Trinajstić information content (AvgIpc) is 3.83. The highest BCUT2D eigenvalue weighted by Gasteiger charge is 2.46. The Labute approximate surface area is 214 Å². The van der Waals surface area contributed by atoms with Gasteiger partial charge in [-0.25, -0.2) is 4.68 Å². The van der Waals surface area contributed by atoms with Crippen molar-refractivity contribution in [3.63, 3.8) is 0 Å². The zero-order valence-electron chi connectivity index (χ0n) is 20.6. The van der Waals surface area contributed by atoms with E-state index >= 15 is 0 Å². The topological polar surface area (TPSA) is 109 Å². The average molecular weight is 500 g/mol. The Kier molecular flexibility index (Phi) is 5.11. The second-order valence-corrected chi connectivity index (χ2v) is 11.0. The van der Waals surface area contributed by atoms with Crippen molar-refractivity contribution in [2.24, 2.45) is 5.92 Å². The summed E-state index contributed by atoms with van der Waals surface area (Å²) in [5, 5.41) is 34.8. The van der Waals surface area contributed by atoms with Crippen molar-refractivity contribution >= 4 is 22.5 Å². The predicted octanol–water partition coefficient (Wildman–Crippen LogP) is 4.13. The highest BCUT2D eigenvalue weighted by atomic mass is 16.5. The molecule has 0 bridgehead atoms. The van der Waals surface area contributed by atoms with Crippen LogP contribution in [0.25, 0.3) is 16.6 Å². The van der Waals surface area contributed by atoms with Crippen LogP contribution in [0.5, 0.6) is 0 Å². The Hall–Kier alpha value is -3.72. The van der Waals surface area contributed by atoms with Crippen molar-refractivity contribution in [3.8, 4) is 5.69 Å². The van der Waals surface area contributed by atoms with Crippen molar-refractivity contribution in [2.75, 3.05) is 5.32 Å². The predicted molar refractivity (Wildman–Crippen MR) is 136 cm³/mol. The van der Waals surface area contributed by atoms with E-state index in [1.165, 1.54) is 0 Å². The minimum Gasteiger partial charge on any atom is -0.390 e. The molecule has 4 aromatic rings. The van der Waals surface area contributed by atoms with Crippen molar-refractivity contribution in [2.45, 2.75) is 68.9 Å². The number of anilines is 1. The molecule has 0 aliphatic heterocycles. The Morgan fingerprint density at radius 2 is 1.89 bits per heavy atom. The molecule has 3 aliphatic rings. The molecule has 3 heterocycles. The standard InChI is InChI=1S/C28H30N6O3/c35-27(25-4-1-3-24(34(25)37)18-5-6-18)30-23-15-19-17-33(21-9-11-28(36,12-10-21)20-7-8-20)31-22(19)16-26(23)32-14-2-13-29-32/h1-4,13-18,20-21,36H,5-12H2,(H-,30,35,37)/p+1/t21-,28-. The lowest BCUT2D eigenvalue weighted by Gasteiger charge is -2.36. The molecule has 0 saturated heterocycles. The number of aliphatic hydroxyl groups is 1. The van der Waals surface area contributed by atoms with E-state index in [1.807, 2.05) is 47.4 Å². The summed E-state index contributed by atoms with van der Waals surface area (Å²) in [6.45, 7) is 0. The van der Waals surface area contributed by atoms with E-state index in [0.29, 0.717) is 23.2 Å². The number of hydrogen-bond acceptors (Lipinski definition) is 5. The fraction of sp³-hybridized carbons (Fsp3) is 0.429. The quantitative estimate of drug-likeness (QED) is 0.273. The molecule has 7 rings (SSSR count). The number of amides is 1. The number of nitrogens with one attached hydrogen (secondary N) is 1. The van der Waals surface area contributed by atoms with Crippen LogP contribution in [-0.4, -0.2) is 41.4 Å². The molecule has 3 fully saturated rings. The minimum absolute atomic E-state index is 0.192. The molecule has 0 unspecified atom stereocenters. The first-order valence-corrected chi connectivity index (χ1v) is 13.3. The van der Waals surface area contributed by atoms with Gasteiger partial charge < -0.3 is 10.4 Å². The summed E-state index contributed by atoms with van der Waals surface area (Å²) in [7, 11) is 0. The van der Waals surface area contributed by atoms with E-state index < -0.39 is 11.5 Å². The Balaban J connectivity index is 1.20. The highest BCUT2D eigenvalue weighted by molar-refractivity contribution is 6.04. The third-order valence-electron chi connectivity index (χ3n) is 8.39. The molecule has 3 saturated carbocycles. The number of carbonyl (C=O) groups excluding carboxylic acids is 1. The number of aromatic nitrogens is 5. The van der Waals surface area contributed by atoms with E-state index in [9.17, 15) is 15.1 Å². The summed E-state index contributed by atoms with van der Waals surface area (Å²) in [5.41, 5.74) is 2.57. The van der Waals surface area contributed by atoms with Crippen LogP contribution in [0.1, 0.15) is 79.5 Å². The van der Waals surface area contributed by atoms with E-state index in [-0.39, 0.29) is 11.7 Å². The molecule has 3 N–H and O–H groups in total. The van der Waals surface area contributed by atoms with Gasteiger partial charge in [0.05, 0.1) is 28.5 Å². The van der Waals surface area contributed by atoms with Crippen LogP contribution < -0.4 is 10.0 Å². The Morgan fingerprint density at radius 3 is 2.59 bits per heavy atom. The third kappa shape index (κ3) is 4.07. The molecule has 1 aromatic carbocycles. The van der Waals surface area contributed by atoms with Crippen LogP contribution >= 0.6 is 0 Å². The normalized spacial score (nSPS) is 23.9. The Morgan fingerprint density at radius 1 is 1.08 bits per heavy atom. The molecule has 0 atom stereocenters. The molecular weight excluding hydrogens is 468 g/mol. The van der Waals surface area contributed by atoms with Crippen LogP contribution in [0.3, 0.4) is 0 Å². The molecule has 3 aliphatic carbocycles. The molecule has 1 amide bonds. The van der Waals surface area contributed by atoms with Gasteiger partial charge in [-0.1, -0.05) is 0 Å². The van der Waals surface area contributed by atoms with Gasteiger partial charge in [0.1, 0.15) is 0 Å². The number of pyridine rings is 1. The molecule has 0 radical (unpaired) electrons. The summed E-state index contributed by atoms with van der Waals surface area (Å²) in [6, 6.07) is 11.2. The number of benzene rings is 1. The molecule has 37 heavy (non-hydrogen) atoms. The molecule has 9 heteroatoms. The maximum atomic E-state index is 13.3. The van der Waals surface area contributed by atoms with E-state index in [1.54, 1.807) is 16.9 Å². The van der Waals surface area contributed by atoms with Crippen LogP contribution in [0.2, 0.25) is 0 Å². The fourth-order valence-corrected chi connectivity index (χ4v) is 5.93. The second kappa shape index (κ2) is 8.41. The van der Waals surface area contributed by atoms with Gasteiger partial charge in [0.2, 0.25) is 5.69 Å². The number of rotatable bonds is 6. The molecule has 0 spiro atoms. The largest absolute Gasteiger partial charge is 0.390 e. The molecular formula is C28H31N6O3+. The summed E-state index contributed by atoms with van der Waals surface area (Å²) in [4.78, 5) is 13.3. The third-order valence-corrected chi connectivity index (χ3v) is 8.39. The number of fused-ring (bicyclic) bond motifs is 1. The van der Waals surface area contributed by atoms with Crippen molar-refractivity contribution in [1.82, 2.24) is 19.6 Å².